The van der Waals surface area contributed by atoms with Gasteiger partial charge in [0.15, 0.2) is 6.61 Å². The zero-order chi connectivity index (χ0) is 25.0. The van der Waals surface area contributed by atoms with Gasteiger partial charge >= 0.3 is 12.1 Å². The molecule has 2 atom stereocenters. The molecule has 0 aliphatic heterocycles. The van der Waals surface area contributed by atoms with Crippen molar-refractivity contribution < 1.29 is 41.0 Å². The summed E-state index contributed by atoms with van der Waals surface area (Å²) in [4.78, 5) is 24.0. The Bertz CT molecular complexity index is 1130. The summed E-state index contributed by atoms with van der Waals surface area (Å²) in [5.74, 6) is -2.35. The van der Waals surface area contributed by atoms with E-state index in [9.17, 15) is 36.3 Å². The highest BCUT2D eigenvalue weighted by atomic mass is 35.5. The van der Waals surface area contributed by atoms with E-state index in [1.165, 1.54) is 24.3 Å². The van der Waals surface area contributed by atoms with Crippen LogP contribution in [-0.4, -0.2) is 44.2 Å². The topological polar surface area (TPSA) is 122 Å². The van der Waals surface area contributed by atoms with Crippen molar-refractivity contribution in [3.63, 3.8) is 0 Å². The predicted molar refractivity (Wildman–Crippen MR) is 113 cm³/mol. The Kier molecular flexibility index (Phi) is 8.71. The normalized spacial score (nSPS) is 13.8. The molecule has 0 fully saturated rings. The van der Waals surface area contributed by atoms with Gasteiger partial charge in [-0.15, -0.1) is 0 Å². The largest absolute Gasteiger partial charge is 0.454 e. The Morgan fingerprint density at radius 3 is 2.27 bits per heavy atom. The van der Waals surface area contributed by atoms with Crippen LogP contribution in [0.3, 0.4) is 0 Å². The van der Waals surface area contributed by atoms with Crippen LogP contribution in [0.15, 0.2) is 47.4 Å². The molecule has 0 saturated carbocycles. The summed E-state index contributed by atoms with van der Waals surface area (Å²) < 4.78 is 70.0. The van der Waals surface area contributed by atoms with Crippen LogP contribution in [0.4, 0.5) is 18.9 Å². The number of halogens is 5. The number of alkyl halides is 3. The first-order chi connectivity index (χ1) is 15.2. The molecule has 0 aliphatic rings. The smallest absolute Gasteiger partial charge is 0.416 e. The first-order valence-electron chi connectivity index (χ1n) is 9.00. The Balaban J connectivity index is 2.05. The third-order valence-electron chi connectivity index (χ3n) is 4.06. The van der Waals surface area contributed by atoms with Crippen molar-refractivity contribution in [1.29, 1.82) is 0 Å². The zero-order valence-corrected chi connectivity index (χ0v) is 19.0. The SMILES string of the molecule is C[C@@H](O)[C@@H](NS(=O)(=O)c1ccc(Cl)cc1)C(=O)OCC(=O)Nc1cc(C(F)(F)F)ccc1Cl. The predicted octanol–water partition coefficient (Wildman–Crippen LogP) is 3.22. The van der Waals surface area contributed by atoms with E-state index in [-0.39, 0.29) is 20.6 Å². The fourth-order valence-electron chi connectivity index (χ4n) is 2.40. The summed E-state index contributed by atoms with van der Waals surface area (Å²) >= 11 is 11.5. The zero-order valence-electron chi connectivity index (χ0n) is 16.7. The molecule has 3 N–H and O–H groups in total. The van der Waals surface area contributed by atoms with Crippen molar-refractivity contribution in [3.8, 4) is 0 Å². The quantitative estimate of drug-likeness (QED) is 0.452. The van der Waals surface area contributed by atoms with Crippen LogP contribution in [0.5, 0.6) is 0 Å². The third-order valence-corrected chi connectivity index (χ3v) is 6.09. The van der Waals surface area contributed by atoms with Crippen molar-refractivity contribution in [3.05, 3.63) is 58.1 Å². The standard InChI is InChI=1S/C19H17Cl2F3N2O6S/c1-10(27)17(26-33(30,31)13-5-3-12(20)4-6-13)18(29)32-9-16(28)25-15-8-11(19(22,23)24)2-7-14(15)21/h2-8,10,17,26-27H,9H2,1H3,(H,25,28)/t10-,17-/m1/s1. The lowest BCUT2D eigenvalue weighted by atomic mass is 10.2. The molecule has 2 aromatic rings. The number of amides is 1. The van der Waals surface area contributed by atoms with Gasteiger partial charge in [0.1, 0.15) is 6.04 Å². The molecule has 0 bridgehead atoms. The second-order valence-corrected chi connectivity index (χ2v) is 9.20. The van der Waals surface area contributed by atoms with E-state index in [0.29, 0.717) is 6.07 Å². The lowest BCUT2D eigenvalue weighted by Gasteiger charge is -2.20. The fraction of sp³-hybridized carbons (Fsp3) is 0.263. The van der Waals surface area contributed by atoms with Crippen LogP contribution < -0.4 is 10.0 Å². The first kappa shape index (κ1) is 26.9. The van der Waals surface area contributed by atoms with Crippen LogP contribution in [0.1, 0.15) is 12.5 Å². The average molecular weight is 529 g/mol. The lowest BCUT2D eigenvalue weighted by molar-refractivity contribution is -0.151. The van der Waals surface area contributed by atoms with Crippen LogP contribution in [0.25, 0.3) is 0 Å². The second-order valence-electron chi connectivity index (χ2n) is 6.64. The van der Waals surface area contributed by atoms with E-state index < -0.39 is 52.4 Å². The highest BCUT2D eigenvalue weighted by Crippen LogP contribution is 2.33. The summed E-state index contributed by atoms with van der Waals surface area (Å²) in [6.07, 6.45) is -6.23. The molecule has 2 aromatic carbocycles. The van der Waals surface area contributed by atoms with Crippen molar-refractivity contribution in [2.24, 2.45) is 0 Å². The van der Waals surface area contributed by atoms with Crippen molar-refractivity contribution in [1.82, 2.24) is 4.72 Å². The number of aliphatic hydroxyl groups is 1. The molecular formula is C19H17Cl2F3N2O6S. The van der Waals surface area contributed by atoms with Crippen molar-refractivity contribution >= 4 is 50.8 Å². The van der Waals surface area contributed by atoms with E-state index in [4.69, 9.17) is 27.9 Å². The van der Waals surface area contributed by atoms with Crippen molar-refractivity contribution in [2.45, 2.75) is 30.1 Å². The molecule has 2 rings (SSSR count). The molecule has 14 heteroatoms. The summed E-state index contributed by atoms with van der Waals surface area (Å²) in [6, 6.07) is 5.41. The lowest BCUT2D eigenvalue weighted by Crippen LogP contribution is -2.48. The number of aliphatic hydroxyl groups excluding tert-OH is 1. The molecule has 0 saturated heterocycles. The number of sulfonamides is 1. The maximum atomic E-state index is 12.8. The van der Waals surface area contributed by atoms with Gasteiger partial charge < -0.3 is 15.2 Å². The van der Waals surface area contributed by atoms with Gasteiger partial charge in [-0.2, -0.15) is 17.9 Å². The van der Waals surface area contributed by atoms with Crippen LogP contribution >= 0.6 is 23.2 Å². The number of ether oxygens (including phenoxy) is 1. The van der Waals surface area contributed by atoms with Crippen molar-refractivity contribution in [2.75, 3.05) is 11.9 Å². The summed E-state index contributed by atoms with van der Waals surface area (Å²) in [6.45, 7) is 0.121. The van der Waals surface area contributed by atoms with E-state index in [1.807, 2.05) is 4.72 Å². The van der Waals surface area contributed by atoms with E-state index >= 15 is 0 Å². The van der Waals surface area contributed by atoms with Gasteiger partial charge in [0.2, 0.25) is 10.0 Å². The molecule has 1 amide bonds. The molecule has 180 valence electrons. The minimum atomic E-state index is -4.68. The number of hydrogen-bond acceptors (Lipinski definition) is 6. The Morgan fingerprint density at radius 1 is 1.12 bits per heavy atom. The van der Waals surface area contributed by atoms with E-state index in [2.05, 4.69) is 5.32 Å². The van der Waals surface area contributed by atoms with Crippen LogP contribution in [0.2, 0.25) is 10.0 Å². The molecular weight excluding hydrogens is 512 g/mol. The number of esters is 1. The minimum absolute atomic E-state index is 0.194. The summed E-state index contributed by atoms with van der Waals surface area (Å²) in [7, 11) is -4.27. The maximum absolute atomic E-state index is 12.8. The van der Waals surface area contributed by atoms with Gasteiger partial charge in [0.25, 0.3) is 5.91 Å². The van der Waals surface area contributed by atoms with Gasteiger partial charge in [0, 0.05) is 5.02 Å². The number of carbonyl (C=O) groups is 2. The monoisotopic (exact) mass is 528 g/mol. The average Bonchev–Trinajstić information content (AvgIpc) is 2.71. The molecule has 8 nitrogen and oxygen atoms in total. The Hall–Kier alpha value is -2.38. The number of carbonyl (C=O) groups excluding carboxylic acids is 2. The maximum Gasteiger partial charge on any atom is 0.416 e. The number of benzene rings is 2. The highest BCUT2D eigenvalue weighted by molar-refractivity contribution is 7.89. The molecule has 33 heavy (non-hydrogen) atoms. The molecule has 0 heterocycles. The molecule has 0 aliphatic carbocycles. The van der Waals surface area contributed by atoms with Gasteiger partial charge in [0.05, 0.1) is 27.3 Å². The highest BCUT2D eigenvalue weighted by Gasteiger charge is 2.32. The van der Waals surface area contributed by atoms with Gasteiger partial charge in [-0.3, -0.25) is 9.59 Å². The third kappa shape index (κ3) is 7.57. The second kappa shape index (κ2) is 10.7. The molecule has 0 radical (unpaired) electrons. The number of anilines is 1. The molecule has 0 unspecified atom stereocenters. The molecule has 0 aromatic heterocycles. The van der Waals surface area contributed by atoms with Gasteiger partial charge in [-0.25, -0.2) is 8.42 Å². The fourth-order valence-corrected chi connectivity index (χ4v) is 3.95. The summed E-state index contributed by atoms with van der Waals surface area (Å²) in [5.41, 5.74) is -1.44. The number of nitrogens with one attached hydrogen (secondary N) is 2. The number of rotatable bonds is 8. The van der Waals surface area contributed by atoms with Crippen LogP contribution in [-0.2, 0) is 30.5 Å². The Labute approximate surface area is 196 Å². The van der Waals surface area contributed by atoms with Gasteiger partial charge in [-0.1, -0.05) is 23.2 Å². The van der Waals surface area contributed by atoms with E-state index in [1.54, 1.807) is 0 Å². The number of hydrogen-bond donors (Lipinski definition) is 3. The van der Waals surface area contributed by atoms with Gasteiger partial charge in [-0.05, 0) is 49.4 Å². The van der Waals surface area contributed by atoms with E-state index in [0.717, 1.165) is 19.1 Å². The molecule has 0 spiro atoms. The summed E-state index contributed by atoms with van der Waals surface area (Å²) in [5, 5.41) is 11.9. The van der Waals surface area contributed by atoms with Crippen LogP contribution in [0, 0.1) is 0 Å². The Morgan fingerprint density at radius 2 is 1.73 bits per heavy atom. The first-order valence-corrected chi connectivity index (χ1v) is 11.2. The minimum Gasteiger partial charge on any atom is -0.454 e.